The maximum atomic E-state index is 12.6. The highest BCUT2D eigenvalue weighted by Gasteiger charge is 2.46. The van der Waals surface area contributed by atoms with Gasteiger partial charge in [-0.15, -0.1) is 0 Å². The Hall–Kier alpha value is -1.10. The molecule has 2 unspecified atom stereocenters. The van der Waals surface area contributed by atoms with Crippen LogP contribution in [0, 0.1) is 5.92 Å². The van der Waals surface area contributed by atoms with Gasteiger partial charge in [-0.25, -0.2) is 0 Å². The van der Waals surface area contributed by atoms with E-state index in [2.05, 4.69) is 5.32 Å². The van der Waals surface area contributed by atoms with Crippen LogP contribution in [0.4, 0.5) is 0 Å². The van der Waals surface area contributed by atoms with E-state index in [1.807, 2.05) is 11.8 Å². The molecule has 5 nitrogen and oxygen atoms in total. The fourth-order valence-corrected chi connectivity index (χ4v) is 2.89. The van der Waals surface area contributed by atoms with Crippen molar-refractivity contribution in [3.05, 3.63) is 0 Å². The molecule has 0 aromatic rings. The van der Waals surface area contributed by atoms with E-state index in [4.69, 9.17) is 4.74 Å². The number of ether oxygens (including phenoxy) is 1. The molecule has 0 spiro atoms. The number of nitrogens with one attached hydrogen (secondary N) is 1. The molecule has 2 amide bonds. The molecule has 5 heteroatoms. The highest BCUT2D eigenvalue weighted by atomic mass is 16.5. The zero-order valence-corrected chi connectivity index (χ0v) is 12.6. The van der Waals surface area contributed by atoms with Crippen LogP contribution in [0.5, 0.6) is 0 Å². The first-order chi connectivity index (χ1) is 9.69. The summed E-state index contributed by atoms with van der Waals surface area (Å²) in [6.45, 7) is 3.43. The average molecular weight is 282 g/mol. The lowest BCUT2D eigenvalue weighted by atomic mass is 10.00. The molecule has 0 aromatic carbocycles. The van der Waals surface area contributed by atoms with E-state index in [-0.39, 0.29) is 23.9 Å². The van der Waals surface area contributed by atoms with Crippen molar-refractivity contribution < 1.29 is 14.3 Å². The van der Waals surface area contributed by atoms with Gasteiger partial charge in [-0.3, -0.25) is 9.59 Å². The summed E-state index contributed by atoms with van der Waals surface area (Å²) in [5.41, 5.74) is 0. The van der Waals surface area contributed by atoms with Crippen LogP contribution < -0.4 is 5.32 Å². The van der Waals surface area contributed by atoms with Crippen LogP contribution in [-0.4, -0.2) is 49.1 Å². The van der Waals surface area contributed by atoms with Crippen molar-refractivity contribution in [1.29, 1.82) is 0 Å². The van der Waals surface area contributed by atoms with Crippen molar-refractivity contribution in [1.82, 2.24) is 10.2 Å². The molecular formula is C15H26N2O3. The van der Waals surface area contributed by atoms with Crippen LogP contribution in [0.3, 0.4) is 0 Å². The smallest absolute Gasteiger partial charge is 0.246 e. The SMILES string of the molecule is CCCC1C(=O)NC(C2CC2)C(=O)N1CCCCOC. The minimum Gasteiger partial charge on any atom is -0.385 e. The van der Waals surface area contributed by atoms with E-state index in [0.717, 1.165) is 38.5 Å². The van der Waals surface area contributed by atoms with Crippen molar-refractivity contribution in [2.24, 2.45) is 5.92 Å². The predicted molar refractivity (Wildman–Crippen MR) is 76.2 cm³/mol. The van der Waals surface area contributed by atoms with Gasteiger partial charge in [0.25, 0.3) is 0 Å². The minimum absolute atomic E-state index is 0.0371. The number of carbonyl (C=O) groups excluding carboxylic acids is 2. The molecule has 2 atom stereocenters. The summed E-state index contributed by atoms with van der Waals surface area (Å²) in [6, 6.07) is -0.539. The standard InChI is InChI=1S/C15H26N2O3/c1-3-6-12-14(18)16-13(11-7-8-11)15(19)17(12)9-4-5-10-20-2/h11-13H,3-10H2,1-2H3,(H,16,18). The number of carbonyl (C=O) groups is 2. The summed E-state index contributed by atoms with van der Waals surface area (Å²) >= 11 is 0. The summed E-state index contributed by atoms with van der Waals surface area (Å²) < 4.78 is 5.04. The summed E-state index contributed by atoms with van der Waals surface area (Å²) in [5.74, 6) is 0.536. The van der Waals surface area contributed by atoms with Gasteiger partial charge in [0, 0.05) is 20.3 Å². The molecule has 1 aliphatic heterocycles. The Balaban J connectivity index is 1.99. The number of hydrogen-bond acceptors (Lipinski definition) is 3. The fraction of sp³-hybridized carbons (Fsp3) is 0.867. The average Bonchev–Trinajstić information content (AvgIpc) is 3.25. The number of amides is 2. The van der Waals surface area contributed by atoms with Crippen LogP contribution in [0.2, 0.25) is 0 Å². The topological polar surface area (TPSA) is 58.6 Å². The van der Waals surface area contributed by atoms with Crippen LogP contribution >= 0.6 is 0 Å². The fourth-order valence-electron chi connectivity index (χ4n) is 2.89. The van der Waals surface area contributed by atoms with Crippen molar-refractivity contribution >= 4 is 11.8 Å². The molecule has 0 aromatic heterocycles. The summed E-state index contributed by atoms with van der Waals surface area (Å²) in [5, 5.41) is 2.94. The molecule has 1 saturated heterocycles. The summed E-state index contributed by atoms with van der Waals surface area (Å²) in [4.78, 5) is 26.6. The van der Waals surface area contributed by atoms with Gasteiger partial charge in [-0.05, 0) is 38.0 Å². The molecule has 0 bridgehead atoms. The van der Waals surface area contributed by atoms with Crippen molar-refractivity contribution in [3.8, 4) is 0 Å². The normalized spacial score (nSPS) is 26.8. The first kappa shape index (κ1) is 15.3. The first-order valence-corrected chi connectivity index (χ1v) is 7.78. The Bertz CT molecular complexity index is 355. The Kier molecular flexibility index (Phi) is 5.40. The van der Waals surface area contributed by atoms with Crippen LogP contribution in [0.1, 0.15) is 45.4 Å². The van der Waals surface area contributed by atoms with Gasteiger partial charge in [0.2, 0.25) is 11.8 Å². The van der Waals surface area contributed by atoms with Gasteiger partial charge in [0.05, 0.1) is 0 Å². The van der Waals surface area contributed by atoms with Crippen molar-refractivity contribution in [2.75, 3.05) is 20.3 Å². The van der Waals surface area contributed by atoms with Gasteiger partial charge >= 0.3 is 0 Å². The lowest BCUT2D eigenvalue weighted by molar-refractivity contribution is -0.150. The third-order valence-electron chi connectivity index (χ3n) is 4.18. The molecule has 114 valence electrons. The summed E-state index contributed by atoms with van der Waals surface area (Å²) in [7, 11) is 1.68. The molecular weight excluding hydrogens is 256 g/mol. The molecule has 2 aliphatic rings. The lowest BCUT2D eigenvalue weighted by Crippen LogP contribution is -2.64. The van der Waals surface area contributed by atoms with Crippen LogP contribution in [0.15, 0.2) is 0 Å². The van der Waals surface area contributed by atoms with Crippen molar-refractivity contribution in [2.45, 2.75) is 57.5 Å². The molecule has 1 N–H and O–H groups in total. The van der Waals surface area contributed by atoms with E-state index in [9.17, 15) is 9.59 Å². The number of rotatable bonds is 8. The van der Waals surface area contributed by atoms with Gasteiger partial charge in [-0.2, -0.15) is 0 Å². The van der Waals surface area contributed by atoms with Crippen molar-refractivity contribution in [3.63, 3.8) is 0 Å². The van der Waals surface area contributed by atoms with Crippen LogP contribution in [0.25, 0.3) is 0 Å². The molecule has 2 fully saturated rings. The Labute approximate surface area is 121 Å². The minimum atomic E-state index is -0.273. The second kappa shape index (κ2) is 7.07. The first-order valence-electron chi connectivity index (χ1n) is 7.78. The molecule has 1 saturated carbocycles. The molecule has 1 heterocycles. The number of methoxy groups -OCH3 is 1. The number of unbranched alkanes of at least 4 members (excludes halogenated alkanes) is 1. The quantitative estimate of drug-likeness (QED) is 0.683. The number of piperazine rings is 1. The van der Waals surface area contributed by atoms with Gasteiger partial charge in [-0.1, -0.05) is 13.3 Å². The second-order valence-corrected chi connectivity index (χ2v) is 5.86. The third-order valence-corrected chi connectivity index (χ3v) is 4.18. The zero-order valence-electron chi connectivity index (χ0n) is 12.6. The monoisotopic (exact) mass is 282 g/mol. The largest absolute Gasteiger partial charge is 0.385 e. The van der Waals surface area contributed by atoms with E-state index in [1.54, 1.807) is 7.11 Å². The Morgan fingerprint density at radius 1 is 1.30 bits per heavy atom. The van der Waals surface area contributed by atoms with Crippen LogP contribution in [-0.2, 0) is 14.3 Å². The lowest BCUT2D eigenvalue weighted by Gasteiger charge is -2.39. The maximum absolute atomic E-state index is 12.6. The van der Waals surface area contributed by atoms with E-state index < -0.39 is 0 Å². The number of hydrogen-bond donors (Lipinski definition) is 1. The maximum Gasteiger partial charge on any atom is 0.246 e. The molecule has 20 heavy (non-hydrogen) atoms. The van der Waals surface area contributed by atoms with E-state index >= 15 is 0 Å². The number of nitrogens with zero attached hydrogens (tertiary/aromatic N) is 1. The van der Waals surface area contributed by atoms with E-state index in [0.29, 0.717) is 19.1 Å². The van der Waals surface area contributed by atoms with E-state index in [1.165, 1.54) is 0 Å². The molecule has 1 aliphatic carbocycles. The highest BCUT2D eigenvalue weighted by Crippen LogP contribution is 2.35. The Morgan fingerprint density at radius 2 is 2.05 bits per heavy atom. The highest BCUT2D eigenvalue weighted by molar-refractivity contribution is 5.97. The Morgan fingerprint density at radius 3 is 2.65 bits per heavy atom. The zero-order chi connectivity index (χ0) is 14.5. The third kappa shape index (κ3) is 3.51. The van der Waals surface area contributed by atoms with Gasteiger partial charge in [0.15, 0.2) is 0 Å². The van der Waals surface area contributed by atoms with Gasteiger partial charge < -0.3 is 15.0 Å². The second-order valence-electron chi connectivity index (χ2n) is 5.86. The summed E-state index contributed by atoms with van der Waals surface area (Å²) in [6.07, 6.45) is 5.60. The van der Waals surface area contributed by atoms with Gasteiger partial charge in [0.1, 0.15) is 12.1 Å². The predicted octanol–water partition coefficient (Wildman–Crippen LogP) is 1.32. The molecule has 2 rings (SSSR count). The molecule has 0 radical (unpaired) electrons.